The first-order valence-electron chi connectivity index (χ1n) is 27.7. The van der Waals surface area contributed by atoms with Crippen LogP contribution in [-0.4, -0.2) is 137 Å². The number of esters is 1. The van der Waals surface area contributed by atoms with E-state index in [1.807, 2.05) is 34.7 Å². The first-order chi connectivity index (χ1) is 37.4. The fourth-order valence-electron chi connectivity index (χ4n) is 9.24. The number of halogens is 4. The van der Waals surface area contributed by atoms with Crippen LogP contribution < -0.4 is 16.4 Å². The van der Waals surface area contributed by atoms with Gasteiger partial charge in [-0.1, -0.05) is 126 Å². The number of hydrogen-bond donors (Lipinski definition) is 4. The van der Waals surface area contributed by atoms with Gasteiger partial charge in [0.25, 0.3) is 5.91 Å². The van der Waals surface area contributed by atoms with Gasteiger partial charge in [-0.3, -0.25) is 28.9 Å². The summed E-state index contributed by atoms with van der Waals surface area (Å²) in [6.45, 7) is 12.7. The second kappa shape index (κ2) is 38.4. The lowest BCUT2D eigenvalue weighted by Gasteiger charge is -2.37. The number of aromatic nitrogens is 1. The monoisotopic (exact) mass is 1180 g/mol. The molecule has 2 unspecified atom stereocenters. The Bertz CT molecular complexity index is 2160. The number of carbonyl (C=O) groups excluding carboxylic acids is 6. The Morgan fingerprint density at radius 1 is 0.924 bits per heavy atom. The summed E-state index contributed by atoms with van der Waals surface area (Å²) in [6, 6.07) is 4.75. The van der Waals surface area contributed by atoms with E-state index in [1.165, 1.54) is 64.0 Å². The van der Waals surface area contributed by atoms with E-state index in [4.69, 9.17) is 25.1 Å². The molecule has 23 heteroatoms. The van der Waals surface area contributed by atoms with Crippen molar-refractivity contribution in [3.05, 3.63) is 51.7 Å². The number of benzene rings is 1. The summed E-state index contributed by atoms with van der Waals surface area (Å²) in [5, 5.41) is 14.7. The third-order valence-electron chi connectivity index (χ3n) is 14.1. The van der Waals surface area contributed by atoms with Crippen LogP contribution in [0.2, 0.25) is 0 Å². The molecule has 2 heterocycles. The van der Waals surface area contributed by atoms with Crippen LogP contribution in [-0.2, 0) is 39.9 Å². The number of aliphatic carboxylic acids is 1. The van der Waals surface area contributed by atoms with Gasteiger partial charge < -0.3 is 35.8 Å². The molecule has 7 atom stereocenters. The Balaban J connectivity index is 0.00000284. The van der Waals surface area contributed by atoms with Crippen molar-refractivity contribution in [3.63, 3.8) is 0 Å². The highest BCUT2D eigenvalue weighted by atomic mass is 33.1. The molecule has 2 aromatic rings. The first-order valence-corrected chi connectivity index (χ1v) is 31.1. The molecule has 0 bridgehead atoms. The number of likely N-dealkylation sites (N-methyl/N-ethyl adjacent to an activating group) is 1. The number of thiazole rings is 1. The number of piperidine rings is 1. The van der Waals surface area contributed by atoms with Gasteiger partial charge in [0.05, 0.1) is 12.6 Å². The highest BCUT2D eigenvalue weighted by Crippen LogP contribution is 2.33. The highest BCUT2D eigenvalue weighted by molar-refractivity contribution is 8.76. The van der Waals surface area contributed by atoms with E-state index < -0.39 is 66.0 Å². The summed E-state index contributed by atoms with van der Waals surface area (Å²) in [4.78, 5) is 97.7. The highest BCUT2D eigenvalue weighted by Gasteiger charge is 2.39. The van der Waals surface area contributed by atoms with Crippen molar-refractivity contribution in [1.29, 1.82) is 0 Å². The Kier molecular flexibility index (Phi) is 34.4. The van der Waals surface area contributed by atoms with Crippen LogP contribution in [0, 0.1) is 29.5 Å². The zero-order valence-corrected chi connectivity index (χ0v) is 50.0. The fourth-order valence-corrected chi connectivity index (χ4v) is 12.1. The van der Waals surface area contributed by atoms with Crippen molar-refractivity contribution in [1.82, 2.24) is 25.4 Å². The van der Waals surface area contributed by atoms with Gasteiger partial charge in [0.1, 0.15) is 23.1 Å². The molecule has 1 aromatic heterocycles. The maximum absolute atomic E-state index is 14.4. The number of rotatable bonds is 36. The average Bonchev–Trinajstić information content (AvgIpc) is 3.92. The number of ketones is 2. The minimum Gasteiger partial charge on any atom is -0.475 e. The molecular weight excluding hydrogens is 1090 g/mol. The smallest absolute Gasteiger partial charge is 0.475 e. The number of amides is 3. The van der Waals surface area contributed by atoms with E-state index in [0.717, 1.165) is 74.3 Å². The molecule has 1 aliphatic rings. The van der Waals surface area contributed by atoms with Gasteiger partial charge in [-0.2, -0.15) is 13.2 Å². The number of alkyl halides is 3. The Labute approximate surface area is 477 Å². The lowest BCUT2D eigenvalue weighted by molar-refractivity contribution is -0.192. The largest absolute Gasteiger partial charge is 0.490 e. The summed E-state index contributed by atoms with van der Waals surface area (Å²) in [7, 11) is 7.17. The average molecular weight is 1180 g/mol. The maximum Gasteiger partial charge on any atom is 0.490 e. The van der Waals surface area contributed by atoms with E-state index in [2.05, 4.69) is 20.5 Å². The summed E-state index contributed by atoms with van der Waals surface area (Å²) >= 11 is 1.16. The molecule has 0 saturated carbocycles. The van der Waals surface area contributed by atoms with Crippen molar-refractivity contribution < 1.29 is 65.7 Å². The summed E-state index contributed by atoms with van der Waals surface area (Å²) in [5.74, 6) is -3.99. The van der Waals surface area contributed by atoms with Crippen molar-refractivity contribution in [2.24, 2.45) is 29.4 Å². The predicted octanol–water partition coefficient (Wildman–Crippen LogP) is 11.0. The number of Topliss-reactive ketones (excluding diaryl/α,β-unsaturated/α-hetero) is 2. The molecule has 0 radical (unpaired) electrons. The van der Waals surface area contributed by atoms with Crippen LogP contribution in [0.4, 0.5) is 22.4 Å². The Morgan fingerprint density at radius 2 is 1.53 bits per heavy atom. The van der Waals surface area contributed by atoms with E-state index in [1.54, 1.807) is 58.0 Å². The van der Waals surface area contributed by atoms with Crippen LogP contribution in [0.3, 0.4) is 0 Å². The number of nitrogens with zero attached hydrogens (tertiary/aromatic N) is 3. The molecule has 1 aromatic carbocycles. The molecule has 1 aliphatic heterocycles. The Morgan fingerprint density at radius 3 is 2.10 bits per heavy atom. The third kappa shape index (κ3) is 28.3. The molecule has 0 aliphatic carbocycles. The third-order valence-corrected chi connectivity index (χ3v) is 17.5. The van der Waals surface area contributed by atoms with Gasteiger partial charge >= 0.3 is 24.2 Å². The molecule has 1 saturated heterocycles. The second-order valence-corrected chi connectivity index (χ2v) is 24.4. The standard InChI is InChI=1S/C54H87FN6O8S3.C2HF3O2/c1-9-38(4)44(33-48(63)46-21-17-19-27-60(46)7)53(66)61(8)47(37(2)3)34-50(69-40(6)62)52-59-45(36-70-52)51(65)58-43(32-41-22-24-42(55)25-23-41)31-39(5)49(64)35-57-54(67)68-28-30-72-71-29-20-16-14-12-10-11-13-15-18-26-56;3-2(4,5)1(6)7/h22-25,36-39,43-44,46-47,50H,9-21,26-35,56H2,1-8H3,(H,57,67)(H,58,65);(H,6,7)/t38-,39-,43+,44?,46?,47+,50+;/m0./s1. The molecule has 3 rings (SSSR count). The van der Waals surface area contributed by atoms with Crippen molar-refractivity contribution >= 4 is 74.3 Å². The summed E-state index contributed by atoms with van der Waals surface area (Å²) in [5.41, 5.74) is 6.38. The molecule has 5 N–H and O–H groups in total. The first kappa shape index (κ1) is 70.8. The van der Waals surface area contributed by atoms with Gasteiger partial charge in [0.2, 0.25) is 5.91 Å². The number of carbonyl (C=O) groups is 7. The topological polar surface area (TPSA) is 228 Å². The van der Waals surface area contributed by atoms with Gasteiger partial charge in [0.15, 0.2) is 17.7 Å². The van der Waals surface area contributed by atoms with Crippen LogP contribution in [0.1, 0.15) is 171 Å². The van der Waals surface area contributed by atoms with Crippen molar-refractivity contribution in [2.45, 2.75) is 181 Å². The molecule has 3 amide bonds. The Hall–Kier alpha value is -4.32. The van der Waals surface area contributed by atoms with Crippen LogP contribution >= 0.6 is 32.9 Å². The van der Waals surface area contributed by atoms with E-state index in [0.29, 0.717) is 10.8 Å². The van der Waals surface area contributed by atoms with E-state index >= 15 is 0 Å². The van der Waals surface area contributed by atoms with Gasteiger partial charge in [-0.05, 0) is 88.2 Å². The van der Waals surface area contributed by atoms with E-state index in [-0.39, 0.29) is 79.9 Å². The zero-order chi connectivity index (χ0) is 59.1. The number of carboxylic acids is 1. The SMILES string of the molecule is CC[C@H](C)C(CC(=O)C1CCCCN1C)C(=O)N(C)[C@H](C[C@@H](OC(C)=O)c1nc(C(=O)N[C@@H](Cc2ccc(F)cc2)C[C@H](C)C(=O)CNC(=O)OCCSSCCCCCCCCCCCN)cs1)C(C)C.O=C(O)C(F)(F)F. The number of alkyl carbamates (subject to hydrolysis) is 1. The van der Waals surface area contributed by atoms with Crippen molar-refractivity contribution in [3.8, 4) is 0 Å². The normalized spacial score (nSPS) is 16.1. The number of nitrogens with two attached hydrogens (primary N) is 1. The van der Waals surface area contributed by atoms with Crippen LogP contribution in [0.15, 0.2) is 29.6 Å². The molecular formula is C56H88F4N6O10S3. The number of likely N-dealkylation sites (tertiary alicyclic amines) is 1. The predicted molar refractivity (Wildman–Crippen MR) is 304 cm³/mol. The second-order valence-electron chi connectivity index (χ2n) is 20.8. The molecule has 448 valence electrons. The summed E-state index contributed by atoms with van der Waals surface area (Å²) < 4.78 is 56.8. The van der Waals surface area contributed by atoms with Crippen LogP contribution in [0.25, 0.3) is 0 Å². The lowest BCUT2D eigenvalue weighted by Crippen LogP contribution is -2.48. The number of carboxylic acid groups (broad SMARTS) is 1. The van der Waals surface area contributed by atoms with Gasteiger partial charge in [-0.15, -0.1) is 11.3 Å². The lowest BCUT2D eigenvalue weighted by atomic mass is 9.83. The number of hydrogen-bond acceptors (Lipinski definition) is 15. The van der Waals surface area contributed by atoms with E-state index in [9.17, 15) is 46.3 Å². The fraction of sp³-hybridized carbons (Fsp3) is 0.714. The van der Waals surface area contributed by atoms with Crippen molar-refractivity contribution in [2.75, 3.05) is 51.8 Å². The minimum absolute atomic E-state index is 0.0335. The number of nitrogens with one attached hydrogen (secondary N) is 2. The zero-order valence-electron chi connectivity index (χ0n) is 47.5. The number of unbranched alkanes of at least 4 members (excludes halogenated alkanes) is 8. The number of ether oxygens (including phenoxy) is 2. The summed E-state index contributed by atoms with van der Waals surface area (Å²) in [6.07, 6.45) is 8.96. The minimum atomic E-state index is -5.08. The molecule has 16 nitrogen and oxygen atoms in total. The molecule has 1 fully saturated rings. The quantitative estimate of drug-likeness (QED) is 0.0215. The molecule has 0 spiro atoms. The van der Waals surface area contributed by atoms with Gasteiger partial charge in [0, 0.05) is 67.6 Å². The molecule has 79 heavy (non-hydrogen) atoms. The van der Waals surface area contributed by atoms with Crippen LogP contribution in [0.5, 0.6) is 0 Å². The maximum atomic E-state index is 14.4. The van der Waals surface area contributed by atoms with Gasteiger partial charge in [-0.25, -0.2) is 19.0 Å².